The number of nitrogens with zero attached hydrogens (tertiary/aromatic N) is 3. The summed E-state index contributed by atoms with van der Waals surface area (Å²) >= 11 is 0. The van der Waals surface area contributed by atoms with Gasteiger partial charge in [-0.25, -0.2) is 9.67 Å². The fourth-order valence-corrected chi connectivity index (χ4v) is 2.98. The number of nitrogens with one attached hydrogen (secondary N) is 2. The van der Waals surface area contributed by atoms with Crippen molar-refractivity contribution in [3.05, 3.63) is 48.3 Å². The fraction of sp³-hybridized carbons (Fsp3) is 0.474. The van der Waals surface area contributed by atoms with Gasteiger partial charge in [-0.05, 0) is 50.5 Å². The Kier molecular flexibility index (Phi) is 5.71. The predicted molar refractivity (Wildman–Crippen MR) is 100.0 cm³/mol. The van der Waals surface area contributed by atoms with Crippen molar-refractivity contribution >= 4 is 5.96 Å². The molecule has 134 valence electrons. The quantitative estimate of drug-likeness (QED) is 0.626. The molecule has 0 radical (unpaired) electrons. The molecule has 1 unspecified atom stereocenters. The van der Waals surface area contributed by atoms with E-state index in [9.17, 15) is 0 Å². The second-order valence-electron chi connectivity index (χ2n) is 6.57. The van der Waals surface area contributed by atoms with E-state index in [-0.39, 0.29) is 5.60 Å². The van der Waals surface area contributed by atoms with Crippen LogP contribution in [0, 0.1) is 0 Å². The molecule has 1 saturated heterocycles. The first-order chi connectivity index (χ1) is 12.2. The minimum atomic E-state index is -0.0871. The van der Waals surface area contributed by atoms with Gasteiger partial charge in [-0.2, -0.15) is 5.10 Å². The van der Waals surface area contributed by atoms with Crippen LogP contribution in [0.5, 0.6) is 0 Å². The number of rotatable bonds is 6. The molecule has 0 saturated carbocycles. The minimum absolute atomic E-state index is 0.0871. The second kappa shape index (κ2) is 8.16. The van der Waals surface area contributed by atoms with E-state index < -0.39 is 0 Å². The third-order valence-electron chi connectivity index (χ3n) is 4.37. The van der Waals surface area contributed by atoms with Gasteiger partial charge in [0, 0.05) is 32.1 Å². The van der Waals surface area contributed by atoms with Crippen LogP contribution in [-0.4, -0.2) is 41.0 Å². The average molecular weight is 341 g/mol. The lowest BCUT2D eigenvalue weighted by molar-refractivity contribution is 0.0243. The molecule has 25 heavy (non-hydrogen) atoms. The molecule has 2 N–H and O–H groups in total. The zero-order chi connectivity index (χ0) is 17.5. The predicted octanol–water partition coefficient (Wildman–Crippen LogP) is 2.50. The Bertz CT molecular complexity index is 690. The normalized spacial score (nSPS) is 20.6. The Morgan fingerprint density at radius 2 is 2.28 bits per heavy atom. The third-order valence-corrected chi connectivity index (χ3v) is 4.37. The number of guanidine groups is 1. The van der Waals surface area contributed by atoms with E-state index in [1.807, 2.05) is 29.1 Å². The highest BCUT2D eigenvalue weighted by atomic mass is 16.5. The summed E-state index contributed by atoms with van der Waals surface area (Å²) in [6.07, 6.45) is 5.94. The minimum Gasteiger partial charge on any atom is -0.373 e. The number of ether oxygens (including phenoxy) is 1. The Balaban J connectivity index is 1.64. The van der Waals surface area contributed by atoms with Crippen molar-refractivity contribution in [1.29, 1.82) is 0 Å². The van der Waals surface area contributed by atoms with Gasteiger partial charge >= 0.3 is 0 Å². The number of hydrogen-bond donors (Lipinski definition) is 2. The smallest absolute Gasteiger partial charge is 0.191 e. The summed E-state index contributed by atoms with van der Waals surface area (Å²) in [5.74, 6) is 0.823. The van der Waals surface area contributed by atoms with Gasteiger partial charge in [-0.3, -0.25) is 0 Å². The Morgan fingerprint density at radius 1 is 1.36 bits per heavy atom. The van der Waals surface area contributed by atoms with E-state index in [2.05, 4.69) is 41.7 Å². The van der Waals surface area contributed by atoms with Crippen molar-refractivity contribution in [3.8, 4) is 5.69 Å². The monoisotopic (exact) mass is 341 g/mol. The molecule has 0 spiro atoms. The van der Waals surface area contributed by atoms with Gasteiger partial charge in [0.15, 0.2) is 5.96 Å². The molecule has 2 heterocycles. The van der Waals surface area contributed by atoms with Crippen LogP contribution in [0.25, 0.3) is 5.69 Å². The molecule has 0 bridgehead atoms. The molecule has 1 atom stereocenters. The molecule has 6 nitrogen and oxygen atoms in total. The standard InChI is InChI=1S/C19H27N5O/c1-3-20-18(22-15-19(2)9-5-12-25-19)21-14-16-7-4-8-17(13-16)24-11-6-10-23-24/h4,6-8,10-11,13H,3,5,9,12,14-15H2,1-2H3,(H2,20,21,22). The van der Waals surface area contributed by atoms with Crippen LogP contribution in [0.3, 0.4) is 0 Å². The summed E-state index contributed by atoms with van der Waals surface area (Å²) in [5, 5.41) is 11.0. The van der Waals surface area contributed by atoms with Crippen molar-refractivity contribution < 1.29 is 4.74 Å². The first-order valence-corrected chi connectivity index (χ1v) is 8.94. The maximum atomic E-state index is 5.83. The lowest BCUT2D eigenvalue weighted by Gasteiger charge is -2.24. The van der Waals surface area contributed by atoms with Gasteiger partial charge in [0.1, 0.15) is 0 Å². The highest BCUT2D eigenvalue weighted by molar-refractivity contribution is 5.79. The lowest BCUT2D eigenvalue weighted by Crippen LogP contribution is -2.45. The highest BCUT2D eigenvalue weighted by Gasteiger charge is 2.29. The molecule has 0 aliphatic carbocycles. The van der Waals surface area contributed by atoms with Crippen LogP contribution >= 0.6 is 0 Å². The highest BCUT2D eigenvalue weighted by Crippen LogP contribution is 2.23. The van der Waals surface area contributed by atoms with Crippen LogP contribution in [0.2, 0.25) is 0 Å². The molecular formula is C19H27N5O. The maximum absolute atomic E-state index is 5.83. The molecular weight excluding hydrogens is 314 g/mol. The van der Waals surface area contributed by atoms with Crippen molar-refractivity contribution in [2.24, 2.45) is 4.99 Å². The molecule has 1 aliphatic rings. The first-order valence-electron chi connectivity index (χ1n) is 8.94. The van der Waals surface area contributed by atoms with Crippen molar-refractivity contribution in [1.82, 2.24) is 20.4 Å². The second-order valence-corrected chi connectivity index (χ2v) is 6.57. The van der Waals surface area contributed by atoms with Gasteiger partial charge < -0.3 is 15.4 Å². The van der Waals surface area contributed by atoms with Crippen molar-refractivity contribution in [3.63, 3.8) is 0 Å². The molecule has 6 heteroatoms. The number of aromatic nitrogens is 2. The van der Waals surface area contributed by atoms with Crippen LogP contribution in [-0.2, 0) is 11.3 Å². The third kappa shape index (κ3) is 4.82. The van der Waals surface area contributed by atoms with Gasteiger partial charge in [0.2, 0.25) is 0 Å². The SMILES string of the molecule is CCNC(=NCc1cccc(-n2cccn2)c1)NCC1(C)CCCO1. The van der Waals surface area contributed by atoms with Crippen LogP contribution in [0.4, 0.5) is 0 Å². The molecule has 1 fully saturated rings. The molecule has 1 aromatic heterocycles. The van der Waals surface area contributed by atoms with Gasteiger partial charge in [-0.15, -0.1) is 0 Å². The largest absolute Gasteiger partial charge is 0.373 e. The molecule has 2 aromatic rings. The fourth-order valence-electron chi connectivity index (χ4n) is 2.98. The summed E-state index contributed by atoms with van der Waals surface area (Å²) in [6, 6.07) is 10.2. The molecule has 1 aliphatic heterocycles. The zero-order valence-electron chi connectivity index (χ0n) is 15.0. The zero-order valence-corrected chi connectivity index (χ0v) is 15.0. The van der Waals surface area contributed by atoms with E-state index in [1.54, 1.807) is 6.20 Å². The average Bonchev–Trinajstić information content (AvgIpc) is 3.30. The summed E-state index contributed by atoms with van der Waals surface area (Å²) < 4.78 is 7.69. The Morgan fingerprint density at radius 3 is 3.00 bits per heavy atom. The van der Waals surface area contributed by atoms with Gasteiger partial charge in [0.05, 0.1) is 17.8 Å². The lowest BCUT2D eigenvalue weighted by atomic mass is 10.0. The van der Waals surface area contributed by atoms with E-state index in [4.69, 9.17) is 9.73 Å². The first kappa shape index (κ1) is 17.5. The van der Waals surface area contributed by atoms with Gasteiger partial charge in [0.25, 0.3) is 0 Å². The summed E-state index contributed by atoms with van der Waals surface area (Å²) in [4.78, 5) is 4.71. The summed E-state index contributed by atoms with van der Waals surface area (Å²) in [6.45, 7) is 7.30. The van der Waals surface area contributed by atoms with E-state index >= 15 is 0 Å². The topological polar surface area (TPSA) is 63.5 Å². The van der Waals surface area contributed by atoms with Crippen LogP contribution in [0.15, 0.2) is 47.7 Å². The number of hydrogen-bond acceptors (Lipinski definition) is 3. The van der Waals surface area contributed by atoms with Crippen LogP contribution < -0.4 is 10.6 Å². The van der Waals surface area contributed by atoms with Crippen molar-refractivity contribution in [2.75, 3.05) is 19.7 Å². The number of aliphatic imine (C=N–C) groups is 1. The van der Waals surface area contributed by atoms with E-state index in [0.717, 1.165) is 49.7 Å². The number of benzene rings is 1. The summed E-state index contributed by atoms with van der Waals surface area (Å²) in [5.41, 5.74) is 2.10. The Labute approximate surface area is 149 Å². The van der Waals surface area contributed by atoms with E-state index in [1.165, 1.54) is 0 Å². The van der Waals surface area contributed by atoms with Gasteiger partial charge in [-0.1, -0.05) is 12.1 Å². The molecule has 3 rings (SSSR count). The van der Waals surface area contributed by atoms with Crippen LogP contribution in [0.1, 0.15) is 32.3 Å². The maximum Gasteiger partial charge on any atom is 0.191 e. The van der Waals surface area contributed by atoms with Crippen molar-refractivity contribution in [2.45, 2.75) is 38.8 Å². The summed E-state index contributed by atoms with van der Waals surface area (Å²) in [7, 11) is 0. The Hall–Kier alpha value is -2.34. The van der Waals surface area contributed by atoms with E-state index in [0.29, 0.717) is 6.54 Å². The molecule has 1 aromatic carbocycles. The molecule has 0 amide bonds.